The van der Waals surface area contributed by atoms with Gasteiger partial charge in [-0.2, -0.15) is 4.52 Å². The van der Waals surface area contributed by atoms with Gasteiger partial charge in [-0.1, -0.05) is 0 Å². The molecular formula is C20H23N7O2. The zero-order valence-corrected chi connectivity index (χ0v) is 16.1. The molecule has 2 aliphatic heterocycles. The predicted octanol–water partition coefficient (Wildman–Crippen LogP) is 0.970. The molecule has 2 saturated heterocycles. The van der Waals surface area contributed by atoms with Gasteiger partial charge in [0.25, 0.3) is 5.91 Å². The predicted molar refractivity (Wildman–Crippen MR) is 108 cm³/mol. The number of hydrogen-bond acceptors (Lipinski definition) is 7. The number of carbonyl (C=O) groups excluding carboxylic acids is 1. The van der Waals surface area contributed by atoms with Crippen LogP contribution in [-0.2, 0) is 4.74 Å². The largest absolute Gasteiger partial charge is 0.378 e. The van der Waals surface area contributed by atoms with Crippen LogP contribution in [-0.4, -0.2) is 71.2 Å². The first-order valence-electron chi connectivity index (χ1n) is 9.92. The minimum Gasteiger partial charge on any atom is -0.378 e. The highest BCUT2D eigenvalue weighted by Crippen LogP contribution is 2.20. The van der Waals surface area contributed by atoms with Crippen molar-refractivity contribution in [2.75, 3.05) is 49.2 Å². The van der Waals surface area contributed by atoms with E-state index < -0.39 is 0 Å². The second-order valence-corrected chi connectivity index (χ2v) is 7.38. The maximum Gasteiger partial charge on any atom is 0.251 e. The summed E-state index contributed by atoms with van der Waals surface area (Å²) >= 11 is 0. The van der Waals surface area contributed by atoms with E-state index in [9.17, 15) is 4.79 Å². The smallest absolute Gasteiger partial charge is 0.251 e. The molecular weight excluding hydrogens is 370 g/mol. The molecule has 0 spiro atoms. The summed E-state index contributed by atoms with van der Waals surface area (Å²) in [7, 11) is 0. The first-order valence-corrected chi connectivity index (χ1v) is 9.92. The Morgan fingerprint density at radius 1 is 1.03 bits per heavy atom. The summed E-state index contributed by atoms with van der Waals surface area (Å²) in [4.78, 5) is 17.1. The van der Waals surface area contributed by atoms with Gasteiger partial charge in [0.1, 0.15) is 12.1 Å². The first-order chi connectivity index (χ1) is 14.3. The summed E-state index contributed by atoms with van der Waals surface area (Å²) in [5, 5.41) is 15.5. The Hall–Kier alpha value is -3.20. The molecule has 9 nitrogen and oxygen atoms in total. The number of nitrogens with zero attached hydrogens (tertiary/aromatic N) is 6. The quantitative estimate of drug-likeness (QED) is 0.707. The molecule has 0 unspecified atom stereocenters. The van der Waals surface area contributed by atoms with Gasteiger partial charge in [0.05, 0.1) is 13.2 Å². The standard InChI is InChI=1S/C20H23N7O2/c28-20(15-1-3-17(4-2-15)25-9-11-29-12-10-25)22-16-7-8-26(13-16)19-6-5-18-23-21-14-27(18)24-19/h1-6,14,16H,7-13H2,(H,22,28)/t16-/m1/s1. The lowest BCUT2D eigenvalue weighted by molar-refractivity contribution is 0.0940. The molecule has 29 heavy (non-hydrogen) atoms. The SMILES string of the molecule is O=C(N[C@@H]1CCN(c2ccc3nncn3n2)C1)c1ccc(N2CCOCC2)cc1. The number of aromatic nitrogens is 4. The van der Waals surface area contributed by atoms with Crippen LogP contribution >= 0.6 is 0 Å². The van der Waals surface area contributed by atoms with Gasteiger partial charge in [-0.05, 0) is 42.8 Å². The average molecular weight is 393 g/mol. The van der Waals surface area contributed by atoms with E-state index in [1.807, 2.05) is 36.4 Å². The van der Waals surface area contributed by atoms with Crippen LogP contribution < -0.4 is 15.1 Å². The topological polar surface area (TPSA) is 87.9 Å². The van der Waals surface area contributed by atoms with E-state index in [2.05, 4.69) is 30.4 Å². The molecule has 0 radical (unpaired) electrons. The van der Waals surface area contributed by atoms with Gasteiger partial charge < -0.3 is 19.9 Å². The molecule has 4 heterocycles. The number of morpholine rings is 1. The second kappa shape index (κ2) is 7.67. The highest BCUT2D eigenvalue weighted by molar-refractivity contribution is 5.94. The van der Waals surface area contributed by atoms with Crippen LogP contribution in [0.25, 0.3) is 5.65 Å². The van der Waals surface area contributed by atoms with Gasteiger partial charge in [0.15, 0.2) is 5.65 Å². The fourth-order valence-electron chi connectivity index (χ4n) is 3.89. The molecule has 0 saturated carbocycles. The van der Waals surface area contributed by atoms with Gasteiger partial charge >= 0.3 is 0 Å². The number of rotatable bonds is 4. The molecule has 5 rings (SSSR count). The Morgan fingerprint density at radius 2 is 1.86 bits per heavy atom. The lowest BCUT2D eigenvalue weighted by atomic mass is 10.1. The molecule has 1 amide bonds. The average Bonchev–Trinajstić information content (AvgIpc) is 3.43. The zero-order chi connectivity index (χ0) is 19.6. The summed E-state index contributed by atoms with van der Waals surface area (Å²) in [6.07, 6.45) is 2.48. The number of carbonyl (C=O) groups is 1. The Balaban J connectivity index is 1.20. The van der Waals surface area contributed by atoms with E-state index in [4.69, 9.17) is 4.74 Å². The van der Waals surface area contributed by atoms with Crippen LogP contribution in [0.2, 0.25) is 0 Å². The van der Waals surface area contributed by atoms with Gasteiger partial charge in [0.2, 0.25) is 0 Å². The number of amides is 1. The first kappa shape index (κ1) is 17.9. The molecule has 0 aliphatic carbocycles. The highest BCUT2D eigenvalue weighted by atomic mass is 16.5. The van der Waals surface area contributed by atoms with Crippen molar-refractivity contribution in [3.63, 3.8) is 0 Å². The molecule has 1 aromatic carbocycles. The summed E-state index contributed by atoms with van der Waals surface area (Å²) in [6.45, 7) is 4.86. The van der Waals surface area contributed by atoms with Crippen LogP contribution in [0.15, 0.2) is 42.7 Å². The lowest BCUT2D eigenvalue weighted by Crippen LogP contribution is -2.37. The normalized spacial score (nSPS) is 19.7. The van der Waals surface area contributed by atoms with E-state index in [0.717, 1.165) is 63.0 Å². The third-order valence-electron chi connectivity index (χ3n) is 5.50. The highest BCUT2D eigenvalue weighted by Gasteiger charge is 2.25. The van der Waals surface area contributed by atoms with Gasteiger partial charge in [-0.25, -0.2) is 0 Å². The van der Waals surface area contributed by atoms with Crippen molar-refractivity contribution in [1.82, 2.24) is 25.1 Å². The number of benzene rings is 1. The second-order valence-electron chi connectivity index (χ2n) is 7.38. The maximum absolute atomic E-state index is 12.7. The number of anilines is 2. The number of ether oxygens (including phenoxy) is 1. The zero-order valence-electron chi connectivity index (χ0n) is 16.1. The van der Waals surface area contributed by atoms with Crippen LogP contribution in [0.1, 0.15) is 16.8 Å². The Kier molecular flexibility index (Phi) is 4.73. The number of hydrogen-bond donors (Lipinski definition) is 1. The molecule has 3 aromatic rings. The van der Waals surface area contributed by atoms with Gasteiger partial charge in [-0.3, -0.25) is 4.79 Å². The van der Waals surface area contributed by atoms with Crippen LogP contribution in [0, 0.1) is 0 Å². The van der Waals surface area contributed by atoms with Crippen molar-refractivity contribution in [3.05, 3.63) is 48.3 Å². The molecule has 2 aromatic heterocycles. The molecule has 150 valence electrons. The van der Waals surface area contributed by atoms with Crippen molar-refractivity contribution in [2.45, 2.75) is 12.5 Å². The minimum atomic E-state index is -0.0346. The van der Waals surface area contributed by atoms with Crippen molar-refractivity contribution in [1.29, 1.82) is 0 Å². The van der Waals surface area contributed by atoms with Crippen molar-refractivity contribution < 1.29 is 9.53 Å². The fourth-order valence-corrected chi connectivity index (χ4v) is 3.89. The summed E-state index contributed by atoms with van der Waals surface area (Å²) < 4.78 is 7.06. The van der Waals surface area contributed by atoms with Crippen molar-refractivity contribution in [3.8, 4) is 0 Å². The van der Waals surface area contributed by atoms with Crippen molar-refractivity contribution in [2.24, 2.45) is 0 Å². The monoisotopic (exact) mass is 393 g/mol. The third kappa shape index (κ3) is 3.73. The Labute approximate surface area is 168 Å². The number of fused-ring (bicyclic) bond motifs is 1. The van der Waals surface area contributed by atoms with E-state index in [-0.39, 0.29) is 11.9 Å². The molecule has 9 heteroatoms. The lowest BCUT2D eigenvalue weighted by Gasteiger charge is -2.28. The molecule has 0 bridgehead atoms. The van der Waals surface area contributed by atoms with Crippen LogP contribution in [0.5, 0.6) is 0 Å². The van der Waals surface area contributed by atoms with E-state index in [1.54, 1.807) is 10.8 Å². The summed E-state index contributed by atoms with van der Waals surface area (Å²) in [5.74, 6) is 0.830. The Morgan fingerprint density at radius 3 is 2.69 bits per heavy atom. The summed E-state index contributed by atoms with van der Waals surface area (Å²) in [5.41, 5.74) is 2.54. The molecule has 1 N–H and O–H groups in total. The minimum absolute atomic E-state index is 0.0346. The molecule has 2 aliphatic rings. The van der Waals surface area contributed by atoms with Gasteiger partial charge in [0, 0.05) is 43.5 Å². The molecule has 1 atom stereocenters. The number of nitrogens with one attached hydrogen (secondary N) is 1. The molecule has 2 fully saturated rings. The Bertz CT molecular complexity index is 997. The van der Waals surface area contributed by atoms with Gasteiger partial charge in [-0.15, -0.1) is 15.3 Å². The van der Waals surface area contributed by atoms with Crippen LogP contribution in [0.4, 0.5) is 11.5 Å². The van der Waals surface area contributed by atoms with Crippen molar-refractivity contribution >= 4 is 23.1 Å². The maximum atomic E-state index is 12.7. The van der Waals surface area contributed by atoms with E-state index >= 15 is 0 Å². The third-order valence-corrected chi connectivity index (χ3v) is 5.50. The summed E-state index contributed by atoms with van der Waals surface area (Å²) in [6, 6.07) is 11.8. The van der Waals surface area contributed by atoms with E-state index in [0.29, 0.717) is 5.56 Å². The fraction of sp³-hybridized carbons (Fsp3) is 0.400. The van der Waals surface area contributed by atoms with Crippen LogP contribution in [0.3, 0.4) is 0 Å². The van der Waals surface area contributed by atoms with E-state index in [1.165, 1.54) is 0 Å².